The van der Waals surface area contributed by atoms with Crippen molar-refractivity contribution >= 4 is 6.09 Å². The van der Waals surface area contributed by atoms with Crippen LogP contribution in [0.15, 0.2) is 0 Å². The van der Waals surface area contributed by atoms with Gasteiger partial charge in [-0.3, -0.25) is 0 Å². The monoisotopic (exact) mass is 233 g/mol. The Morgan fingerprint density at radius 2 is 1.62 bits per heavy atom. The Morgan fingerprint density at radius 1 is 1.19 bits per heavy atom. The van der Waals surface area contributed by atoms with Crippen LogP contribution in [0.1, 0.15) is 33.6 Å². The smallest absolute Gasteiger partial charge is 0.410 e. The van der Waals surface area contributed by atoms with Gasteiger partial charge in [-0.2, -0.15) is 0 Å². The largest absolute Gasteiger partial charge is 0.443 e. The Balaban J connectivity index is 4.38. The van der Waals surface area contributed by atoms with Gasteiger partial charge in [-0.05, 0) is 19.8 Å². The molecule has 0 saturated heterocycles. The highest BCUT2D eigenvalue weighted by Crippen LogP contribution is 2.20. The van der Waals surface area contributed by atoms with Crippen molar-refractivity contribution in [1.29, 1.82) is 0 Å². The Hall–Kier alpha value is -0.810. The Kier molecular flexibility index (Phi) is 7.08. The van der Waals surface area contributed by atoms with E-state index in [1.165, 1.54) is 4.90 Å². The molecule has 1 amide bonds. The summed E-state index contributed by atoms with van der Waals surface area (Å²) in [5.41, 5.74) is -0.472. The second kappa shape index (κ2) is 7.46. The summed E-state index contributed by atoms with van der Waals surface area (Å²) >= 11 is 0. The number of amides is 1. The molecule has 96 valence electrons. The zero-order valence-corrected chi connectivity index (χ0v) is 10.4. The molecule has 0 aromatic rings. The van der Waals surface area contributed by atoms with E-state index in [2.05, 4.69) is 0 Å². The molecule has 0 heterocycles. The fraction of sp³-hybridized carbons (Fsp3) is 0.909. The molecular weight excluding hydrogens is 210 g/mol. The van der Waals surface area contributed by atoms with Crippen LogP contribution < -0.4 is 0 Å². The lowest BCUT2D eigenvalue weighted by atomic mass is 10.0. The number of rotatable bonds is 7. The molecular formula is C11H23NO4. The topological polar surface area (TPSA) is 70.0 Å². The summed E-state index contributed by atoms with van der Waals surface area (Å²) in [5, 5.41) is 17.6. The Labute approximate surface area is 97.0 Å². The summed E-state index contributed by atoms with van der Waals surface area (Å²) in [6.45, 7) is 5.89. The lowest BCUT2D eigenvalue weighted by Gasteiger charge is -2.30. The van der Waals surface area contributed by atoms with Crippen LogP contribution in [0.25, 0.3) is 0 Å². The van der Waals surface area contributed by atoms with E-state index in [4.69, 9.17) is 14.9 Å². The standard InChI is InChI=1S/C11H23NO4/c1-4-11(3,5-2)16-10(15)12(6-8-13)7-9-14/h13-14H,4-9H2,1-3H3. The third-order valence-electron chi connectivity index (χ3n) is 2.83. The summed E-state index contributed by atoms with van der Waals surface area (Å²) in [7, 11) is 0. The first-order chi connectivity index (χ1) is 7.52. The maximum atomic E-state index is 11.7. The van der Waals surface area contributed by atoms with Crippen LogP contribution in [0, 0.1) is 0 Å². The summed E-state index contributed by atoms with van der Waals surface area (Å²) < 4.78 is 5.37. The van der Waals surface area contributed by atoms with E-state index in [1.807, 2.05) is 20.8 Å². The third kappa shape index (κ3) is 4.81. The van der Waals surface area contributed by atoms with Gasteiger partial charge in [0, 0.05) is 13.1 Å². The van der Waals surface area contributed by atoms with Crippen molar-refractivity contribution in [2.24, 2.45) is 0 Å². The number of carbonyl (C=O) groups is 1. The second-order valence-electron chi connectivity index (χ2n) is 3.96. The van der Waals surface area contributed by atoms with Crippen LogP contribution >= 0.6 is 0 Å². The fourth-order valence-electron chi connectivity index (χ4n) is 1.21. The van der Waals surface area contributed by atoms with Crippen molar-refractivity contribution < 1.29 is 19.7 Å². The fourth-order valence-corrected chi connectivity index (χ4v) is 1.21. The summed E-state index contributed by atoms with van der Waals surface area (Å²) in [4.78, 5) is 13.0. The molecule has 0 rings (SSSR count). The van der Waals surface area contributed by atoms with Crippen molar-refractivity contribution in [2.75, 3.05) is 26.3 Å². The molecule has 0 spiro atoms. The highest BCUT2D eigenvalue weighted by atomic mass is 16.6. The van der Waals surface area contributed by atoms with Crippen LogP contribution in [0.4, 0.5) is 4.79 Å². The summed E-state index contributed by atoms with van der Waals surface area (Å²) in [5.74, 6) is 0. The molecule has 0 radical (unpaired) electrons. The van der Waals surface area contributed by atoms with Gasteiger partial charge in [-0.15, -0.1) is 0 Å². The molecule has 0 aromatic carbocycles. The number of aliphatic hydroxyl groups is 2. The van der Waals surface area contributed by atoms with Crippen LogP contribution in [0.5, 0.6) is 0 Å². The SMILES string of the molecule is CCC(C)(CC)OC(=O)N(CCO)CCO. The summed E-state index contributed by atoms with van der Waals surface area (Å²) in [6.07, 6.45) is 0.997. The molecule has 5 heteroatoms. The predicted molar refractivity (Wildman–Crippen MR) is 61.2 cm³/mol. The molecule has 5 nitrogen and oxygen atoms in total. The lowest BCUT2D eigenvalue weighted by molar-refractivity contribution is -0.00729. The van der Waals surface area contributed by atoms with E-state index < -0.39 is 11.7 Å². The quantitative estimate of drug-likeness (QED) is 0.688. The molecule has 0 fully saturated rings. The average molecular weight is 233 g/mol. The Morgan fingerprint density at radius 3 is 1.94 bits per heavy atom. The number of aliphatic hydroxyl groups excluding tert-OH is 2. The van der Waals surface area contributed by atoms with Crippen molar-refractivity contribution in [3.63, 3.8) is 0 Å². The maximum absolute atomic E-state index is 11.7. The predicted octanol–water partition coefficient (Wildman–Crippen LogP) is 0.988. The molecule has 0 aliphatic carbocycles. The normalized spacial score (nSPS) is 11.3. The molecule has 0 atom stereocenters. The molecule has 2 N–H and O–H groups in total. The van der Waals surface area contributed by atoms with E-state index in [1.54, 1.807) is 0 Å². The van der Waals surface area contributed by atoms with Gasteiger partial charge < -0.3 is 19.8 Å². The highest BCUT2D eigenvalue weighted by molar-refractivity contribution is 5.68. The first-order valence-electron chi connectivity index (χ1n) is 5.72. The molecule has 0 aliphatic heterocycles. The van der Waals surface area contributed by atoms with Crippen molar-refractivity contribution in [1.82, 2.24) is 4.90 Å². The van der Waals surface area contributed by atoms with E-state index >= 15 is 0 Å². The molecule has 0 aliphatic rings. The minimum Gasteiger partial charge on any atom is -0.443 e. The van der Waals surface area contributed by atoms with Gasteiger partial charge in [0.2, 0.25) is 0 Å². The van der Waals surface area contributed by atoms with Gasteiger partial charge in [0.05, 0.1) is 13.2 Å². The van der Waals surface area contributed by atoms with Gasteiger partial charge >= 0.3 is 6.09 Å². The van der Waals surface area contributed by atoms with Crippen LogP contribution in [-0.4, -0.2) is 53.1 Å². The molecule has 0 aromatic heterocycles. The van der Waals surface area contributed by atoms with Gasteiger partial charge in [0.25, 0.3) is 0 Å². The van der Waals surface area contributed by atoms with Gasteiger partial charge in [0.1, 0.15) is 5.60 Å². The number of nitrogens with zero attached hydrogens (tertiary/aromatic N) is 1. The first-order valence-corrected chi connectivity index (χ1v) is 5.72. The summed E-state index contributed by atoms with van der Waals surface area (Å²) in [6, 6.07) is 0. The molecule has 0 saturated carbocycles. The second-order valence-corrected chi connectivity index (χ2v) is 3.96. The first kappa shape index (κ1) is 15.2. The van der Waals surface area contributed by atoms with Gasteiger partial charge in [0.15, 0.2) is 0 Å². The third-order valence-corrected chi connectivity index (χ3v) is 2.83. The van der Waals surface area contributed by atoms with E-state index in [9.17, 15) is 4.79 Å². The molecule has 16 heavy (non-hydrogen) atoms. The van der Waals surface area contributed by atoms with Crippen LogP contribution in [-0.2, 0) is 4.74 Å². The maximum Gasteiger partial charge on any atom is 0.410 e. The van der Waals surface area contributed by atoms with Crippen LogP contribution in [0.2, 0.25) is 0 Å². The number of ether oxygens (including phenoxy) is 1. The van der Waals surface area contributed by atoms with Crippen LogP contribution in [0.3, 0.4) is 0 Å². The number of hydrogen-bond donors (Lipinski definition) is 2. The van der Waals surface area contributed by atoms with E-state index in [0.29, 0.717) is 0 Å². The zero-order valence-electron chi connectivity index (χ0n) is 10.4. The highest BCUT2D eigenvalue weighted by Gasteiger charge is 2.27. The van der Waals surface area contributed by atoms with Crippen molar-refractivity contribution in [3.05, 3.63) is 0 Å². The minimum absolute atomic E-state index is 0.135. The molecule has 0 unspecified atom stereocenters. The minimum atomic E-state index is -0.477. The van der Waals surface area contributed by atoms with E-state index in [0.717, 1.165) is 12.8 Å². The van der Waals surface area contributed by atoms with Gasteiger partial charge in [-0.25, -0.2) is 4.79 Å². The lowest BCUT2D eigenvalue weighted by Crippen LogP contribution is -2.41. The average Bonchev–Trinajstić information content (AvgIpc) is 2.28. The van der Waals surface area contributed by atoms with Crippen molar-refractivity contribution in [2.45, 2.75) is 39.2 Å². The number of carbonyl (C=O) groups excluding carboxylic acids is 1. The zero-order chi connectivity index (χ0) is 12.6. The van der Waals surface area contributed by atoms with Crippen molar-refractivity contribution in [3.8, 4) is 0 Å². The Bertz CT molecular complexity index is 198. The molecule has 0 bridgehead atoms. The number of hydrogen-bond acceptors (Lipinski definition) is 4. The van der Waals surface area contributed by atoms with Gasteiger partial charge in [-0.1, -0.05) is 13.8 Å². The van der Waals surface area contributed by atoms with E-state index in [-0.39, 0.29) is 26.3 Å².